The van der Waals surface area contributed by atoms with E-state index in [2.05, 4.69) is 20.9 Å². The van der Waals surface area contributed by atoms with E-state index in [9.17, 15) is 4.39 Å². The van der Waals surface area contributed by atoms with Gasteiger partial charge in [-0.1, -0.05) is 6.07 Å². The lowest BCUT2D eigenvalue weighted by Gasteiger charge is -2.07. The molecule has 0 unspecified atom stereocenters. The normalized spacial score (nSPS) is 10.2. The fraction of sp³-hybridized carbons (Fsp3) is 0.0833. The molecule has 0 aliphatic heterocycles. The first-order valence-corrected chi connectivity index (χ1v) is 5.50. The summed E-state index contributed by atoms with van der Waals surface area (Å²) in [5.74, 6) is 0.134. The molecule has 1 aromatic carbocycles. The van der Waals surface area contributed by atoms with Crippen molar-refractivity contribution >= 4 is 15.9 Å². The van der Waals surface area contributed by atoms with Crippen molar-refractivity contribution in [2.24, 2.45) is 0 Å². The molecule has 0 fully saturated rings. The van der Waals surface area contributed by atoms with Gasteiger partial charge in [0.2, 0.25) is 5.88 Å². The van der Waals surface area contributed by atoms with Crippen LogP contribution in [0.1, 0.15) is 5.56 Å². The Kier molecular flexibility index (Phi) is 3.19. The van der Waals surface area contributed by atoms with Crippen LogP contribution in [0.4, 0.5) is 4.39 Å². The highest BCUT2D eigenvalue weighted by Crippen LogP contribution is 2.28. The predicted molar refractivity (Wildman–Crippen MR) is 63.1 cm³/mol. The molecule has 0 aliphatic carbocycles. The van der Waals surface area contributed by atoms with Crippen LogP contribution in [-0.2, 0) is 0 Å². The Morgan fingerprint density at radius 2 is 2.12 bits per heavy atom. The molecule has 0 aliphatic rings. The molecule has 1 aromatic heterocycles. The van der Waals surface area contributed by atoms with Crippen LogP contribution in [0.5, 0.6) is 11.6 Å². The summed E-state index contributed by atoms with van der Waals surface area (Å²) in [6, 6.07) is 8.26. The van der Waals surface area contributed by atoms with E-state index in [-0.39, 0.29) is 5.75 Å². The zero-order valence-corrected chi connectivity index (χ0v) is 10.2. The van der Waals surface area contributed by atoms with E-state index < -0.39 is 5.82 Å². The molecule has 2 aromatic rings. The number of nitrogens with zero attached hydrogens (tertiary/aromatic N) is 1. The monoisotopic (exact) mass is 281 g/mol. The average Bonchev–Trinajstić information content (AvgIpc) is 2.27. The first-order chi connectivity index (χ1) is 7.66. The summed E-state index contributed by atoms with van der Waals surface area (Å²) in [4.78, 5) is 4.01. The second-order valence-corrected chi connectivity index (χ2v) is 4.18. The molecule has 82 valence electrons. The second kappa shape index (κ2) is 4.61. The van der Waals surface area contributed by atoms with E-state index in [1.807, 2.05) is 6.92 Å². The van der Waals surface area contributed by atoms with Gasteiger partial charge in [-0.05, 0) is 52.7 Å². The van der Waals surface area contributed by atoms with Crippen LogP contribution in [0, 0.1) is 12.7 Å². The molecule has 16 heavy (non-hydrogen) atoms. The summed E-state index contributed by atoms with van der Waals surface area (Å²) in [5, 5.41) is 0. The number of ether oxygens (including phenoxy) is 1. The Balaban J connectivity index is 2.34. The summed E-state index contributed by atoms with van der Waals surface area (Å²) in [6.45, 7) is 1.87. The number of benzene rings is 1. The highest BCUT2D eigenvalue weighted by atomic mass is 79.9. The number of hydrogen-bond acceptors (Lipinski definition) is 2. The van der Waals surface area contributed by atoms with E-state index in [0.717, 1.165) is 5.56 Å². The van der Waals surface area contributed by atoms with Crippen molar-refractivity contribution in [3.63, 3.8) is 0 Å². The Morgan fingerprint density at radius 1 is 1.31 bits per heavy atom. The molecule has 0 bridgehead atoms. The van der Waals surface area contributed by atoms with Crippen LogP contribution in [0.3, 0.4) is 0 Å². The van der Waals surface area contributed by atoms with Gasteiger partial charge in [-0.15, -0.1) is 0 Å². The van der Waals surface area contributed by atoms with Gasteiger partial charge in [-0.3, -0.25) is 0 Å². The third kappa shape index (κ3) is 2.39. The molecule has 2 rings (SSSR count). The topological polar surface area (TPSA) is 22.1 Å². The number of aryl methyl sites for hydroxylation is 1. The Morgan fingerprint density at radius 3 is 2.88 bits per heavy atom. The van der Waals surface area contributed by atoms with Gasteiger partial charge in [-0.2, -0.15) is 0 Å². The van der Waals surface area contributed by atoms with Crippen LogP contribution in [0.15, 0.2) is 41.0 Å². The van der Waals surface area contributed by atoms with Gasteiger partial charge in [-0.25, -0.2) is 9.37 Å². The largest absolute Gasteiger partial charge is 0.435 e. The standard InChI is InChI=1S/C12H9BrFNO/c1-8-4-5-10(14)11(7-8)16-12-9(13)3-2-6-15-12/h2-7H,1H3. The molecule has 0 atom stereocenters. The summed E-state index contributed by atoms with van der Waals surface area (Å²) in [7, 11) is 0. The number of aromatic nitrogens is 1. The van der Waals surface area contributed by atoms with Crippen molar-refractivity contribution in [1.82, 2.24) is 4.98 Å². The molecule has 0 saturated carbocycles. The minimum absolute atomic E-state index is 0.180. The Bertz CT molecular complexity index is 516. The minimum Gasteiger partial charge on any atom is -0.435 e. The lowest BCUT2D eigenvalue weighted by atomic mass is 10.2. The summed E-state index contributed by atoms with van der Waals surface area (Å²) >= 11 is 3.29. The average molecular weight is 282 g/mol. The molecule has 1 heterocycles. The van der Waals surface area contributed by atoms with Gasteiger partial charge in [0, 0.05) is 6.20 Å². The first-order valence-electron chi connectivity index (χ1n) is 4.71. The number of pyridine rings is 1. The Hall–Kier alpha value is -1.42. The van der Waals surface area contributed by atoms with Gasteiger partial charge >= 0.3 is 0 Å². The fourth-order valence-corrected chi connectivity index (χ4v) is 1.58. The second-order valence-electron chi connectivity index (χ2n) is 3.33. The van der Waals surface area contributed by atoms with Crippen molar-refractivity contribution < 1.29 is 9.13 Å². The van der Waals surface area contributed by atoms with Crippen LogP contribution >= 0.6 is 15.9 Å². The molecule has 2 nitrogen and oxygen atoms in total. The maximum Gasteiger partial charge on any atom is 0.233 e. The predicted octanol–water partition coefficient (Wildman–Crippen LogP) is 4.08. The van der Waals surface area contributed by atoms with E-state index in [1.54, 1.807) is 30.5 Å². The quantitative estimate of drug-likeness (QED) is 0.827. The third-order valence-corrected chi connectivity index (χ3v) is 2.62. The molecular formula is C12H9BrFNO. The molecular weight excluding hydrogens is 273 g/mol. The zero-order chi connectivity index (χ0) is 11.5. The lowest BCUT2D eigenvalue weighted by Crippen LogP contribution is -1.92. The summed E-state index contributed by atoms with van der Waals surface area (Å²) < 4.78 is 19.5. The van der Waals surface area contributed by atoms with Crippen molar-refractivity contribution in [3.8, 4) is 11.6 Å². The highest BCUT2D eigenvalue weighted by Gasteiger charge is 2.07. The third-order valence-electron chi connectivity index (χ3n) is 2.02. The maximum absolute atomic E-state index is 13.4. The van der Waals surface area contributed by atoms with Crippen LogP contribution in [0.2, 0.25) is 0 Å². The van der Waals surface area contributed by atoms with Gasteiger partial charge in [0.05, 0.1) is 4.47 Å². The molecule has 0 spiro atoms. The fourth-order valence-electron chi connectivity index (χ4n) is 1.24. The van der Waals surface area contributed by atoms with E-state index in [0.29, 0.717) is 10.4 Å². The SMILES string of the molecule is Cc1ccc(F)c(Oc2ncccc2Br)c1. The van der Waals surface area contributed by atoms with E-state index in [4.69, 9.17) is 4.74 Å². The smallest absolute Gasteiger partial charge is 0.233 e. The van der Waals surface area contributed by atoms with E-state index >= 15 is 0 Å². The molecule has 0 amide bonds. The van der Waals surface area contributed by atoms with Gasteiger partial charge in [0.25, 0.3) is 0 Å². The highest BCUT2D eigenvalue weighted by molar-refractivity contribution is 9.10. The van der Waals surface area contributed by atoms with Crippen molar-refractivity contribution in [1.29, 1.82) is 0 Å². The van der Waals surface area contributed by atoms with Crippen molar-refractivity contribution in [2.45, 2.75) is 6.92 Å². The molecule has 4 heteroatoms. The van der Waals surface area contributed by atoms with Crippen molar-refractivity contribution in [2.75, 3.05) is 0 Å². The minimum atomic E-state index is -0.400. The van der Waals surface area contributed by atoms with Gasteiger partial charge < -0.3 is 4.74 Å². The maximum atomic E-state index is 13.4. The Labute approximate surface area is 101 Å². The lowest BCUT2D eigenvalue weighted by molar-refractivity contribution is 0.424. The van der Waals surface area contributed by atoms with Crippen LogP contribution in [0.25, 0.3) is 0 Å². The molecule has 0 N–H and O–H groups in total. The van der Waals surface area contributed by atoms with Gasteiger partial charge in [0.15, 0.2) is 11.6 Å². The van der Waals surface area contributed by atoms with Crippen molar-refractivity contribution in [3.05, 3.63) is 52.4 Å². The molecule has 0 radical (unpaired) electrons. The number of hydrogen-bond donors (Lipinski definition) is 0. The van der Waals surface area contributed by atoms with Crippen LogP contribution in [-0.4, -0.2) is 4.98 Å². The zero-order valence-electron chi connectivity index (χ0n) is 8.58. The number of halogens is 2. The van der Waals surface area contributed by atoms with E-state index in [1.165, 1.54) is 6.07 Å². The first kappa shape index (κ1) is 11.1. The summed E-state index contributed by atoms with van der Waals surface area (Å²) in [5.41, 5.74) is 0.934. The summed E-state index contributed by atoms with van der Waals surface area (Å²) in [6.07, 6.45) is 1.59. The van der Waals surface area contributed by atoms with Crippen LogP contribution < -0.4 is 4.74 Å². The number of rotatable bonds is 2. The van der Waals surface area contributed by atoms with Gasteiger partial charge in [0.1, 0.15) is 0 Å². The molecule has 0 saturated heterocycles.